The largest absolute Gasteiger partial charge is 0.444 e. The van der Waals surface area contributed by atoms with E-state index in [-0.39, 0.29) is 31.5 Å². The summed E-state index contributed by atoms with van der Waals surface area (Å²) in [7, 11) is 0. The van der Waals surface area contributed by atoms with Gasteiger partial charge in [0.1, 0.15) is 12.4 Å². The number of rotatable bonds is 4. The van der Waals surface area contributed by atoms with Crippen LogP contribution in [0.5, 0.6) is 0 Å². The van der Waals surface area contributed by atoms with Gasteiger partial charge in [0.25, 0.3) is 0 Å². The number of hydrogen-bond donors (Lipinski definition) is 1. The van der Waals surface area contributed by atoms with Gasteiger partial charge in [-0.05, 0) is 30.7 Å². The van der Waals surface area contributed by atoms with E-state index in [1.54, 1.807) is 4.90 Å². The fourth-order valence-corrected chi connectivity index (χ4v) is 2.83. The molecule has 2 atom stereocenters. The Morgan fingerprint density at radius 2 is 1.96 bits per heavy atom. The van der Waals surface area contributed by atoms with Gasteiger partial charge in [-0.1, -0.05) is 0 Å². The minimum atomic E-state index is -4.39. The lowest BCUT2D eigenvalue weighted by atomic mass is 10.1. The molecule has 1 aliphatic heterocycles. The van der Waals surface area contributed by atoms with Crippen LogP contribution >= 0.6 is 0 Å². The van der Waals surface area contributed by atoms with E-state index in [1.165, 1.54) is 18.4 Å². The lowest BCUT2D eigenvalue weighted by Gasteiger charge is -2.20. The van der Waals surface area contributed by atoms with Gasteiger partial charge < -0.3 is 9.52 Å². The molecule has 1 fully saturated rings. The van der Waals surface area contributed by atoms with Crippen molar-refractivity contribution in [2.75, 3.05) is 13.2 Å². The molecule has 24 heavy (non-hydrogen) atoms. The first-order valence-corrected chi connectivity index (χ1v) is 7.48. The van der Waals surface area contributed by atoms with E-state index in [0.717, 1.165) is 12.1 Å². The Morgan fingerprint density at radius 3 is 2.58 bits per heavy atom. The second-order valence-electron chi connectivity index (χ2n) is 5.82. The van der Waals surface area contributed by atoms with Crippen LogP contribution in [-0.4, -0.2) is 40.4 Å². The summed E-state index contributed by atoms with van der Waals surface area (Å²) in [6.45, 7) is 0.396. The molecular formula is C16H16F4N2O2. The van der Waals surface area contributed by atoms with Gasteiger partial charge in [0.2, 0.25) is 5.89 Å². The molecule has 0 saturated carbocycles. The average Bonchev–Trinajstić information content (AvgIpc) is 3.13. The first kappa shape index (κ1) is 16.9. The van der Waals surface area contributed by atoms with Crippen LogP contribution in [0, 0.1) is 0 Å². The Kier molecular flexibility index (Phi) is 4.60. The molecule has 0 aliphatic carbocycles. The average molecular weight is 344 g/mol. The third-order valence-electron chi connectivity index (χ3n) is 4.06. The van der Waals surface area contributed by atoms with E-state index < -0.39 is 17.9 Å². The minimum Gasteiger partial charge on any atom is -0.444 e. The fraction of sp³-hybridized carbons (Fsp3) is 0.438. The van der Waals surface area contributed by atoms with Gasteiger partial charge in [-0.3, -0.25) is 4.90 Å². The summed E-state index contributed by atoms with van der Waals surface area (Å²) >= 11 is 0. The molecule has 0 spiro atoms. The van der Waals surface area contributed by atoms with Crippen molar-refractivity contribution in [1.29, 1.82) is 0 Å². The second-order valence-corrected chi connectivity index (χ2v) is 5.82. The predicted octanol–water partition coefficient (Wildman–Crippen LogP) is 3.27. The smallest absolute Gasteiger partial charge is 0.416 e. The van der Waals surface area contributed by atoms with Crippen molar-refractivity contribution in [3.63, 3.8) is 0 Å². The molecule has 1 aromatic carbocycles. The molecule has 8 heteroatoms. The van der Waals surface area contributed by atoms with Crippen molar-refractivity contribution in [2.24, 2.45) is 0 Å². The molecule has 1 aliphatic rings. The van der Waals surface area contributed by atoms with Gasteiger partial charge in [-0.25, -0.2) is 9.37 Å². The molecule has 1 aromatic heterocycles. The van der Waals surface area contributed by atoms with Gasteiger partial charge in [-0.2, -0.15) is 13.2 Å². The number of aliphatic hydroxyl groups excluding tert-OH is 1. The summed E-state index contributed by atoms with van der Waals surface area (Å²) in [5, 5.41) is 9.26. The highest BCUT2D eigenvalue weighted by molar-refractivity contribution is 5.54. The van der Waals surface area contributed by atoms with Crippen LogP contribution in [0.15, 0.2) is 34.9 Å². The zero-order valence-corrected chi connectivity index (χ0v) is 12.6. The van der Waals surface area contributed by atoms with E-state index in [4.69, 9.17) is 4.42 Å². The summed E-state index contributed by atoms with van der Waals surface area (Å²) in [6, 6.07) is 4.26. The molecule has 0 bridgehead atoms. The van der Waals surface area contributed by atoms with Crippen molar-refractivity contribution in [2.45, 2.75) is 31.4 Å². The highest BCUT2D eigenvalue weighted by Crippen LogP contribution is 2.31. The van der Waals surface area contributed by atoms with Crippen LogP contribution in [0.25, 0.3) is 11.5 Å². The number of hydrogen-bond acceptors (Lipinski definition) is 4. The summed E-state index contributed by atoms with van der Waals surface area (Å²) in [4.78, 5) is 6.01. The molecule has 2 heterocycles. The van der Waals surface area contributed by atoms with Crippen LogP contribution in [0.4, 0.5) is 17.6 Å². The Bertz CT molecular complexity index is 684. The molecule has 4 nitrogen and oxygen atoms in total. The van der Waals surface area contributed by atoms with Gasteiger partial charge in [0.15, 0.2) is 0 Å². The molecule has 1 saturated heterocycles. The number of benzene rings is 1. The van der Waals surface area contributed by atoms with Crippen molar-refractivity contribution in [3.8, 4) is 11.5 Å². The molecule has 0 amide bonds. The lowest BCUT2D eigenvalue weighted by molar-refractivity contribution is -0.137. The van der Waals surface area contributed by atoms with Crippen LogP contribution in [-0.2, 0) is 12.7 Å². The molecular weight excluding hydrogens is 328 g/mol. The van der Waals surface area contributed by atoms with Crippen LogP contribution in [0.2, 0.25) is 0 Å². The minimum absolute atomic E-state index is 0.135. The zero-order chi connectivity index (χ0) is 17.3. The number of nitrogens with zero attached hydrogens (tertiary/aromatic N) is 2. The number of aromatic nitrogens is 1. The van der Waals surface area contributed by atoms with Crippen LogP contribution in [0.1, 0.15) is 17.7 Å². The first-order chi connectivity index (χ1) is 11.4. The standard InChI is InChI=1S/C16H16F4N2O2/c17-12-5-14(8-23)22(6-12)7-13-9-24-15(21-13)10-1-3-11(4-2-10)16(18,19)20/h1-4,9,12,14,23H,5-8H2/t12-,14-/m0/s1. The van der Waals surface area contributed by atoms with E-state index >= 15 is 0 Å². The maximum Gasteiger partial charge on any atom is 0.416 e. The van der Waals surface area contributed by atoms with E-state index in [1.807, 2.05) is 0 Å². The second kappa shape index (κ2) is 6.52. The Hall–Kier alpha value is -1.93. The van der Waals surface area contributed by atoms with E-state index in [2.05, 4.69) is 4.98 Å². The molecule has 3 rings (SSSR count). The zero-order valence-electron chi connectivity index (χ0n) is 12.6. The maximum absolute atomic E-state index is 13.4. The number of aliphatic hydroxyl groups is 1. The van der Waals surface area contributed by atoms with Crippen LogP contribution in [0.3, 0.4) is 0 Å². The number of alkyl halides is 4. The third kappa shape index (κ3) is 3.59. The Labute approximate surface area is 135 Å². The number of halogens is 4. The number of likely N-dealkylation sites (tertiary alicyclic amines) is 1. The van der Waals surface area contributed by atoms with E-state index in [9.17, 15) is 22.7 Å². The summed E-state index contributed by atoms with van der Waals surface area (Å²) in [5.41, 5.74) is 0.227. The quantitative estimate of drug-likeness (QED) is 0.865. The number of oxazole rings is 1. The Balaban J connectivity index is 1.71. The van der Waals surface area contributed by atoms with Crippen molar-refractivity contribution in [3.05, 3.63) is 41.8 Å². The van der Waals surface area contributed by atoms with Crippen molar-refractivity contribution >= 4 is 0 Å². The molecule has 2 aromatic rings. The lowest BCUT2D eigenvalue weighted by Crippen LogP contribution is -2.31. The first-order valence-electron chi connectivity index (χ1n) is 7.48. The highest BCUT2D eigenvalue weighted by atomic mass is 19.4. The summed E-state index contributed by atoms with van der Waals surface area (Å²) < 4.78 is 56.4. The molecule has 1 N–H and O–H groups in total. The highest BCUT2D eigenvalue weighted by Gasteiger charge is 2.32. The molecule has 0 unspecified atom stereocenters. The fourth-order valence-electron chi connectivity index (χ4n) is 2.83. The SMILES string of the molecule is OC[C@@H]1C[C@H](F)CN1Cc1coc(-c2ccc(C(F)(F)F)cc2)n1. The normalized spacial score (nSPS) is 22.2. The van der Waals surface area contributed by atoms with Crippen molar-refractivity contribution in [1.82, 2.24) is 9.88 Å². The molecule has 130 valence electrons. The summed E-state index contributed by atoms with van der Waals surface area (Å²) in [5.74, 6) is 0.204. The monoisotopic (exact) mass is 344 g/mol. The predicted molar refractivity (Wildman–Crippen MR) is 77.7 cm³/mol. The Morgan fingerprint density at radius 1 is 1.25 bits per heavy atom. The van der Waals surface area contributed by atoms with Gasteiger partial charge in [-0.15, -0.1) is 0 Å². The van der Waals surface area contributed by atoms with Crippen molar-refractivity contribution < 1.29 is 27.1 Å². The van der Waals surface area contributed by atoms with E-state index in [0.29, 0.717) is 17.8 Å². The third-order valence-corrected chi connectivity index (χ3v) is 4.06. The molecule has 0 radical (unpaired) electrons. The van der Waals surface area contributed by atoms with Gasteiger partial charge >= 0.3 is 6.18 Å². The maximum atomic E-state index is 13.4. The van der Waals surface area contributed by atoms with Crippen LogP contribution < -0.4 is 0 Å². The van der Waals surface area contributed by atoms with Gasteiger partial charge in [0.05, 0.1) is 17.9 Å². The topological polar surface area (TPSA) is 49.5 Å². The van der Waals surface area contributed by atoms with Gasteiger partial charge in [0, 0.05) is 24.7 Å². The summed E-state index contributed by atoms with van der Waals surface area (Å²) in [6.07, 6.45) is -3.70.